The molecular weight excluding hydrogens is 274 g/mol. The molecule has 7 heteroatoms. The number of carboxylic acid groups (broad SMARTS) is 1. The topological polar surface area (TPSA) is 105 Å². The van der Waals surface area contributed by atoms with Gasteiger partial charge in [0.1, 0.15) is 5.70 Å². The summed E-state index contributed by atoms with van der Waals surface area (Å²) in [7, 11) is 0. The molecule has 21 heavy (non-hydrogen) atoms. The fourth-order valence-corrected chi connectivity index (χ4v) is 3.86. The fraction of sp³-hybridized carbons (Fsp3) is 0.643. The maximum atomic E-state index is 12.1. The number of hydrogen-bond donors (Lipinski definition) is 3. The third kappa shape index (κ3) is 1.95. The summed E-state index contributed by atoms with van der Waals surface area (Å²) in [6.45, 7) is 2.94. The SMILES string of the molecule is C[C@@H](O)[C@H]1C(=O)N2C(C(=O)O)=C([C@H]3CCN(C=N)C3)C[C@H]12. The molecule has 0 aromatic heterocycles. The molecule has 0 spiro atoms. The molecule has 3 aliphatic rings. The number of carboxylic acids is 1. The second-order valence-electron chi connectivity index (χ2n) is 6.03. The van der Waals surface area contributed by atoms with E-state index in [1.54, 1.807) is 6.92 Å². The molecule has 4 atom stereocenters. The molecule has 2 saturated heterocycles. The van der Waals surface area contributed by atoms with Crippen LogP contribution in [0.2, 0.25) is 0 Å². The van der Waals surface area contributed by atoms with Crippen molar-refractivity contribution in [2.24, 2.45) is 11.8 Å². The molecule has 114 valence electrons. The predicted molar refractivity (Wildman–Crippen MR) is 73.5 cm³/mol. The number of aliphatic carboxylic acids is 1. The van der Waals surface area contributed by atoms with Crippen LogP contribution in [-0.4, -0.2) is 63.5 Å². The number of nitrogens with zero attached hydrogens (tertiary/aromatic N) is 2. The lowest BCUT2D eigenvalue weighted by Crippen LogP contribution is -2.61. The third-order valence-corrected chi connectivity index (χ3v) is 4.86. The van der Waals surface area contributed by atoms with E-state index in [9.17, 15) is 19.8 Å². The first-order valence-electron chi connectivity index (χ1n) is 7.17. The zero-order valence-electron chi connectivity index (χ0n) is 11.8. The summed E-state index contributed by atoms with van der Waals surface area (Å²) < 4.78 is 0. The standard InChI is InChI=1S/C14H19N3O4/c1-7(18)11-10-4-9(8-2-3-16(5-8)6-15)12(14(20)21)17(10)13(11)19/h6-8,10-11,15,18H,2-5H2,1H3,(H,20,21)/t7-,8+,10-,11-/m1/s1. The first kappa shape index (κ1) is 14.1. The Morgan fingerprint density at radius 1 is 1.52 bits per heavy atom. The van der Waals surface area contributed by atoms with Crippen LogP contribution in [0.1, 0.15) is 19.8 Å². The first-order chi connectivity index (χ1) is 9.95. The number of amides is 1. The molecule has 3 heterocycles. The summed E-state index contributed by atoms with van der Waals surface area (Å²) in [5.41, 5.74) is 0.909. The van der Waals surface area contributed by atoms with Crippen LogP contribution >= 0.6 is 0 Å². The molecule has 7 nitrogen and oxygen atoms in total. The minimum Gasteiger partial charge on any atom is -0.477 e. The Bertz CT molecular complexity index is 542. The molecule has 3 N–H and O–H groups in total. The van der Waals surface area contributed by atoms with Crippen molar-refractivity contribution >= 4 is 18.2 Å². The van der Waals surface area contributed by atoms with E-state index in [1.165, 1.54) is 11.2 Å². The lowest BCUT2D eigenvalue weighted by atomic mass is 9.82. The smallest absolute Gasteiger partial charge is 0.352 e. The van der Waals surface area contributed by atoms with Crippen molar-refractivity contribution in [2.45, 2.75) is 31.9 Å². The molecule has 0 unspecified atom stereocenters. The van der Waals surface area contributed by atoms with Crippen molar-refractivity contribution < 1.29 is 19.8 Å². The normalized spacial score (nSPS) is 33.0. The number of β-lactam (4-membered cyclic amide) rings is 1. The van der Waals surface area contributed by atoms with Crippen molar-refractivity contribution in [1.82, 2.24) is 9.80 Å². The Labute approximate surface area is 122 Å². The molecule has 3 rings (SSSR count). The highest BCUT2D eigenvalue weighted by Crippen LogP contribution is 2.47. The van der Waals surface area contributed by atoms with Crippen LogP contribution in [0.3, 0.4) is 0 Å². The van der Waals surface area contributed by atoms with Gasteiger partial charge in [-0.1, -0.05) is 0 Å². The Hall–Kier alpha value is -1.89. The van der Waals surface area contributed by atoms with E-state index in [2.05, 4.69) is 0 Å². The highest BCUT2D eigenvalue weighted by Gasteiger charge is 2.57. The molecule has 0 bridgehead atoms. The van der Waals surface area contributed by atoms with Gasteiger partial charge in [-0.2, -0.15) is 0 Å². The van der Waals surface area contributed by atoms with E-state index in [1.807, 2.05) is 4.90 Å². The van der Waals surface area contributed by atoms with Gasteiger partial charge in [0.05, 0.1) is 24.4 Å². The average Bonchev–Trinajstić information content (AvgIpc) is 2.99. The van der Waals surface area contributed by atoms with Crippen LogP contribution in [0, 0.1) is 17.2 Å². The van der Waals surface area contributed by atoms with E-state index in [0.29, 0.717) is 13.0 Å². The van der Waals surface area contributed by atoms with Gasteiger partial charge < -0.3 is 20.0 Å². The van der Waals surface area contributed by atoms with Gasteiger partial charge in [0, 0.05) is 19.0 Å². The van der Waals surface area contributed by atoms with Gasteiger partial charge in [0.15, 0.2) is 0 Å². The minimum atomic E-state index is -1.07. The Morgan fingerprint density at radius 2 is 2.24 bits per heavy atom. The highest BCUT2D eigenvalue weighted by atomic mass is 16.4. The first-order valence-corrected chi connectivity index (χ1v) is 7.17. The second kappa shape index (κ2) is 4.84. The average molecular weight is 293 g/mol. The Kier molecular flexibility index (Phi) is 3.24. The number of hydrogen-bond acceptors (Lipinski definition) is 4. The summed E-state index contributed by atoms with van der Waals surface area (Å²) in [6, 6.07) is -0.215. The Balaban J connectivity index is 1.88. The van der Waals surface area contributed by atoms with Gasteiger partial charge in [0.25, 0.3) is 0 Å². The maximum Gasteiger partial charge on any atom is 0.352 e. The molecule has 0 saturated carbocycles. The maximum absolute atomic E-state index is 12.1. The van der Waals surface area contributed by atoms with Gasteiger partial charge in [-0.25, -0.2) is 4.79 Å². The summed E-state index contributed by atoms with van der Waals surface area (Å²) >= 11 is 0. The minimum absolute atomic E-state index is 0.0748. The van der Waals surface area contributed by atoms with E-state index in [-0.39, 0.29) is 23.6 Å². The number of aliphatic hydroxyl groups excluding tert-OH is 1. The number of aliphatic hydroxyl groups is 1. The largest absolute Gasteiger partial charge is 0.477 e. The molecule has 2 fully saturated rings. The van der Waals surface area contributed by atoms with Gasteiger partial charge in [0.2, 0.25) is 5.91 Å². The van der Waals surface area contributed by atoms with Crippen molar-refractivity contribution in [1.29, 1.82) is 5.41 Å². The predicted octanol–water partition coefficient (Wildman–Crippen LogP) is -0.134. The lowest BCUT2D eigenvalue weighted by Gasteiger charge is -2.44. The van der Waals surface area contributed by atoms with Gasteiger partial charge >= 0.3 is 5.97 Å². The molecule has 1 amide bonds. The van der Waals surface area contributed by atoms with Crippen LogP contribution in [0.25, 0.3) is 0 Å². The van der Waals surface area contributed by atoms with Crippen LogP contribution in [0.5, 0.6) is 0 Å². The number of fused-ring (bicyclic) bond motifs is 1. The van der Waals surface area contributed by atoms with E-state index in [0.717, 1.165) is 18.5 Å². The third-order valence-electron chi connectivity index (χ3n) is 4.86. The van der Waals surface area contributed by atoms with Crippen molar-refractivity contribution in [3.63, 3.8) is 0 Å². The van der Waals surface area contributed by atoms with Crippen LogP contribution < -0.4 is 0 Å². The molecule has 0 aromatic carbocycles. The molecule has 0 aromatic rings. The van der Waals surface area contributed by atoms with Crippen LogP contribution in [0.4, 0.5) is 0 Å². The molecule has 3 aliphatic heterocycles. The van der Waals surface area contributed by atoms with Crippen molar-refractivity contribution in [2.75, 3.05) is 13.1 Å². The molecular formula is C14H19N3O4. The number of likely N-dealkylation sites (tertiary alicyclic amines) is 1. The summed E-state index contributed by atoms with van der Waals surface area (Å²) in [4.78, 5) is 26.9. The second-order valence-corrected chi connectivity index (χ2v) is 6.03. The molecule has 0 aliphatic carbocycles. The summed E-state index contributed by atoms with van der Waals surface area (Å²) in [6.07, 6.45) is 1.85. The number of rotatable bonds is 4. The zero-order chi connectivity index (χ0) is 15.3. The quantitative estimate of drug-likeness (QED) is 0.380. The van der Waals surface area contributed by atoms with Crippen LogP contribution in [0.15, 0.2) is 11.3 Å². The molecule has 0 radical (unpaired) electrons. The Morgan fingerprint density at radius 3 is 2.76 bits per heavy atom. The summed E-state index contributed by atoms with van der Waals surface area (Å²) in [5.74, 6) is -1.77. The van der Waals surface area contributed by atoms with Gasteiger partial charge in [-0.3, -0.25) is 10.2 Å². The fourth-order valence-electron chi connectivity index (χ4n) is 3.86. The highest BCUT2D eigenvalue weighted by molar-refractivity contribution is 5.99. The van der Waals surface area contributed by atoms with Gasteiger partial charge in [-0.05, 0) is 25.3 Å². The van der Waals surface area contributed by atoms with E-state index < -0.39 is 18.0 Å². The number of carbonyl (C=O) groups excluding carboxylic acids is 1. The van der Waals surface area contributed by atoms with E-state index in [4.69, 9.17) is 5.41 Å². The van der Waals surface area contributed by atoms with Gasteiger partial charge in [-0.15, -0.1) is 0 Å². The van der Waals surface area contributed by atoms with E-state index >= 15 is 0 Å². The summed E-state index contributed by atoms with van der Waals surface area (Å²) in [5, 5.41) is 26.4. The van der Waals surface area contributed by atoms with Crippen LogP contribution in [-0.2, 0) is 9.59 Å². The van der Waals surface area contributed by atoms with Crippen molar-refractivity contribution in [3.05, 3.63) is 11.3 Å². The number of nitrogens with one attached hydrogen (secondary N) is 1. The van der Waals surface area contributed by atoms with Crippen molar-refractivity contribution in [3.8, 4) is 0 Å². The zero-order valence-corrected chi connectivity index (χ0v) is 11.8. The monoisotopic (exact) mass is 293 g/mol. The lowest BCUT2D eigenvalue weighted by molar-refractivity contribution is -0.161. The number of carbonyl (C=O) groups is 2.